The third-order valence-corrected chi connectivity index (χ3v) is 7.13. The number of carbonyl (C=O) groups is 1. The van der Waals surface area contributed by atoms with E-state index in [1.54, 1.807) is 0 Å². The Labute approximate surface area is 182 Å². The maximum atomic E-state index is 13.1. The lowest BCUT2D eigenvalue weighted by molar-refractivity contribution is -0.113. The normalized spacial score (nSPS) is 23.1. The maximum Gasteiger partial charge on any atom is 0.165 e. The first-order chi connectivity index (χ1) is 15.1. The zero-order valence-electron chi connectivity index (χ0n) is 18.1. The second-order valence-electron chi connectivity index (χ2n) is 9.16. The Hall–Kier alpha value is -2.99. The average Bonchev–Trinajstić information content (AvgIpc) is 3.44. The highest BCUT2D eigenvalue weighted by atomic mass is 16.1. The van der Waals surface area contributed by atoms with Crippen molar-refractivity contribution in [2.24, 2.45) is 5.92 Å². The van der Waals surface area contributed by atoms with Crippen molar-refractivity contribution in [2.45, 2.75) is 39.2 Å². The largest absolute Gasteiger partial charge is 0.367 e. The lowest BCUT2D eigenvalue weighted by Crippen LogP contribution is -2.34. The van der Waals surface area contributed by atoms with Gasteiger partial charge >= 0.3 is 0 Å². The fourth-order valence-corrected chi connectivity index (χ4v) is 5.57. The molecular weight excluding hydrogens is 386 g/mol. The van der Waals surface area contributed by atoms with Crippen molar-refractivity contribution in [3.63, 3.8) is 0 Å². The first-order valence-corrected chi connectivity index (χ1v) is 11.3. The molecule has 2 saturated heterocycles. The number of fused-ring (bicyclic) bond motifs is 3. The minimum absolute atomic E-state index is 0.157. The van der Waals surface area contributed by atoms with Gasteiger partial charge < -0.3 is 14.6 Å². The van der Waals surface area contributed by atoms with Crippen molar-refractivity contribution < 1.29 is 4.79 Å². The highest BCUT2D eigenvalue weighted by Gasteiger charge is 2.37. The third-order valence-electron chi connectivity index (χ3n) is 7.13. The highest BCUT2D eigenvalue weighted by molar-refractivity contribution is 6.25. The summed E-state index contributed by atoms with van der Waals surface area (Å²) in [4.78, 5) is 24.9. The first-order valence-electron chi connectivity index (χ1n) is 11.3. The van der Waals surface area contributed by atoms with Crippen LogP contribution in [0.3, 0.4) is 0 Å². The number of allylic oxidation sites excluding steroid dienone is 1. The molecule has 6 rings (SSSR count). The number of rotatable bonds is 2. The Morgan fingerprint density at radius 1 is 1.10 bits per heavy atom. The van der Waals surface area contributed by atoms with Crippen LogP contribution in [0.4, 0.5) is 5.69 Å². The van der Waals surface area contributed by atoms with E-state index in [-0.39, 0.29) is 5.78 Å². The molecule has 3 aliphatic rings. The van der Waals surface area contributed by atoms with Crippen LogP contribution in [0.5, 0.6) is 0 Å². The second-order valence-corrected chi connectivity index (χ2v) is 9.16. The lowest BCUT2D eigenvalue weighted by atomic mass is 10.0. The van der Waals surface area contributed by atoms with E-state index in [0.29, 0.717) is 18.0 Å². The molecule has 0 unspecified atom stereocenters. The van der Waals surface area contributed by atoms with Crippen LogP contribution in [0.15, 0.2) is 30.6 Å². The standard InChI is InChI=1S/C25H27N5O/c1-15-13-29-14-22(28-25(29)16(2)27-15)21-10-18-3-5-20(9-17(18)4-6-24(21)31)30-8-7-19-11-26-12-23(19)30/h3,5,9-10,13-14,19,23,26H,4,6-8,11-12H2,1-2H3/t19-,23+/m0/s1. The lowest BCUT2D eigenvalue weighted by Gasteiger charge is -2.26. The number of aryl methyl sites for hydroxylation is 3. The molecule has 31 heavy (non-hydrogen) atoms. The van der Waals surface area contributed by atoms with Gasteiger partial charge in [-0.05, 0) is 61.9 Å². The van der Waals surface area contributed by atoms with Crippen LogP contribution in [0.25, 0.3) is 17.3 Å². The summed E-state index contributed by atoms with van der Waals surface area (Å²) < 4.78 is 1.98. The Morgan fingerprint density at radius 3 is 2.90 bits per heavy atom. The fourth-order valence-electron chi connectivity index (χ4n) is 5.57. The molecule has 3 aromatic rings. The summed E-state index contributed by atoms with van der Waals surface area (Å²) in [5.74, 6) is 0.924. The van der Waals surface area contributed by atoms with E-state index in [4.69, 9.17) is 4.98 Å². The molecule has 1 aliphatic carbocycles. The maximum absolute atomic E-state index is 13.1. The number of nitrogens with zero attached hydrogens (tertiary/aromatic N) is 4. The SMILES string of the molecule is Cc1cn2cc(C3=Cc4ccc(N5CC[C@H]6CNC[C@H]65)cc4CCC3=O)nc2c(C)n1. The molecule has 0 saturated carbocycles. The molecule has 1 N–H and O–H groups in total. The third kappa shape index (κ3) is 3.08. The molecule has 4 heterocycles. The van der Waals surface area contributed by atoms with E-state index >= 15 is 0 Å². The van der Waals surface area contributed by atoms with Crippen molar-refractivity contribution in [1.29, 1.82) is 0 Å². The molecule has 6 heteroatoms. The monoisotopic (exact) mass is 413 g/mol. The van der Waals surface area contributed by atoms with Crippen LogP contribution in [-0.4, -0.2) is 45.8 Å². The molecule has 2 aliphatic heterocycles. The van der Waals surface area contributed by atoms with Crippen molar-refractivity contribution >= 4 is 28.8 Å². The van der Waals surface area contributed by atoms with Crippen molar-refractivity contribution in [3.8, 4) is 0 Å². The number of anilines is 1. The minimum Gasteiger partial charge on any atom is -0.367 e. The minimum atomic E-state index is 0.157. The van der Waals surface area contributed by atoms with Crippen molar-refractivity contribution in [1.82, 2.24) is 19.7 Å². The van der Waals surface area contributed by atoms with Crippen LogP contribution in [0, 0.1) is 19.8 Å². The van der Waals surface area contributed by atoms with Gasteiger partial charge in [-0.3, -0.25) is 9.78 Å². The summed E-state index contributed by atoms with van der Waals surface area (Å²) in [6.45, 7) is 7.28. The van der Waals surface area contributed by atoms with Gasteiger partial charge in [0.05, 0.1) is 17.1 Å². The number of nitrogens with one attached hydrogen (secondary N) is 1. The van der Waals surface area contributed by atoms with E-state index < -0.39 is 0 Å². The Balaban J connectivity index is 1.38. The van der Waals surface area contributed by atoms with Gasteiger partial charge in [0, 0.05) is 55.8 Å². The molecule has 0 spiro atoms. The van der Waals surface area contributed by atoms with E-state index in [2.05, 4.69) is 33.4 Å². The predicted octanol–water partition coefficient (Wildman–Crippen LogP) is 3.20. The van der Waals surface area contributed by atoms with Crippen molar-refractivity contribution in [2.75, 3.05) is 24.5 Å². The molecular formula is C25H27N5O. The van der Waals surface area contributed by atoms with E-state index in [9.17, 15) is 4.79 Å². The number of ketones is 1. The number of hydrogen-bond acceptors (Lipinski definition) is 5. The smallest absolute Gasteiger partial charge is 0.165 e. The predicted molar refractivity (Wildman–Crippen MR) is 122 cm³/mol. The number of carbonyl (C=O) groups excluding carboxylic acids is 1. The van der Waals surface area contributed by atoms with Crippen LogP contribution < -0.4 is 10.2 Å². The zero-order chi connectivity index (χ0) is 21.1. The van der Waals surface area contributed by atoms with Gasteiger partial charge in [-0.1, -0.05) is 6.07 Å². The zero-order valence-corrected chi connectivity index (χ0v) is 18.1. The van der Waals surface area contributed by atoms with Crippen LogP contribution >= 0.6 is 0 Å². The van der Waals surface area contributed by atoms with Crippen LogP contribution in [0.2, 0.25) is 0 Å². The van der Waals surface area contributed by atoms with Gasteiger partial charge in [0.1, 0.15) is 0 Å². The number of aromatic nitrogens is 3. The number of hydrogen-bond donors (Lipinski definition) is 1. The van der Waals surface area contributed by atoms with Gasteiger partial charge in [0.2, 0.25) is 0 Å². The number of benzene rings is 1. The summed E-state index contributed by atoms with van der Waals surface area (Å²) in [5, 5.41) is 3.54. The Kier molecular flexibility index (Phi) is 4.25. The van der Waals surface area contributed by atoms with Crippen molar-refractivity contribution in [3.05, 3.63) is 58.8 Å². The molecule has 2 atom stereocenters. The van der Waals surface area contributed by atoms with Gasteiger partial charge in [0.15, 0.2) is 11.4 Å². The molecule has 0 amide bonds. The summed E-state index contributed by atoms with van der Waals surface area (Å²) >= 11 is 0. The molecule has 2 aromatic heterocycles. The summed E-state index contributed by atoms with van der Waals surface area (Å²) in [7, 11) is 0. The molecule has 6 nitrogen and oxygen atoms in total. The summed E-state index contributed by atoms with van der Waals surface area (Å²) in [6.07, 6.45) is 8.50. The second kappa shape index (κ2) is 7.02. The molecule has 2 fully saturated rings. The number of Topliss-reactive ketones (excluding diaryl/α,β-unsaturated/α-hetero) is 1. The molecule has 1 aromatic carbocycles. The van der Waals surface area contributed by atoms with Gasteiger partial charge in [-0.15, -0.1) is 0 Å². The average molecular weight is 414 g/mol. The molecule has 158 valence electrons. The van der Waals surface area contributed by atoms with Gasteiger partial charge in [-0.25, -0.2) is 4.98 Å². The summed E-state index contributed by atoms with van der Waals surface area (Å²) in [6, 6.07) is 7.33. The highest BCUT2D eigenvalue weighted by Crippen LogP contribution is 2.35. The van der Waals surface area contributed by atoms with E-state index in [0.717, 1.165) is 60.3 Å². The van der Waals surface area contributed by atoms with Gasteiger partial charge in [0.25, 0.3) is 0 Å². The van der Waals surface area contributed by atoms with Crippen LogP contribution in [0.1, 0.15) is 41.1 Å². The fraction of sp³-hybridized carbons (Fsp3) is 0.400. The first kappa shape index (κ1) is 18.8. The quantitative estimate of drug-likeness (QED) is 0.699. The Morgan fingerprint density at radius 2 is 2.00 bits per heavy atom. The number of imidazole rings is 1. The van der Waals surface area contributed by atoms with Gasteiger partial charge in [-0.2, -0.15) is 0 Å². The topological polar surface area (TPSA) is 62.5 Å². The Bertz CT molecular complexity index is 1240. The van der Waals surface area contributed by atoms with E-state index in [1.165, 1.54) is 17.7 Å². The van der Waals surface area contributed by atoms with Crippen LogP contribution in [-0.2, 0) is 11.2 Å². The molecule has 0 radical (unpaired) electrons. The van der Waals surface area contributed by atoms with E-state index in [1.807, 2.05) is 36.7 Å². The molecule has 0 bridgehead atoms. The summed E-state index contributed by atoms with van der Waals surface area (Å²) in [5.41, 5.74) is 7.75.